The number of nitrogens with one attached hydrogen (secondary N) is 1. The zero-order valence-electron chi connectivity index (χ0n) is 9.47. The van der Waals surface area contributed by atoms with Crippen LogP contribution in [0.3, 0.4) is 0 Å². The third-order valence-electron chi connectivity index (χ3n) is 2.33. The van der Waals surface area contributed by atoms with Gasteiger partial charge < -0.3 is 15.0 Å². The lowest BCUT2D eigenvalue weighted by atomic mass is 10.2. The lowest BCUT2D eigenvalue weighted by Gasteiger charge is -2.08. The van der Waals surface area contributed by atoms with Crippen LogP contribution in [0.25, 0.3) is 0 Å². The topological polar surface area (TPSA) is 88.4 Å². The molecule has 1 heterocycles. The van der Waals surface area contributed by atoms with Crippen LogP contribution in [0.5, 0.6) is 0 Å². The maximum Gasteiger partial charge on any atom is 0.352 e. The number of carboxylic acid groups (broad SMARTS) is 1. The van der Waals surface area contributed by atoms with Crippen molar-refractivity contribution in [3.63, 3.8) is 0 Å². The van der Waals surface area contributed by atoms with E-state index in [4.69, 9.17) is 5.11 Å². The molecule has 0 atom stereocenters. The van der Waals surface area contributed by atoms with Gasteiger partial charge in [0.1, 0.15) is 5.69 Å². The van der Waals surface area contributed by atoms with Crippen LogP contribution in [0.2, 0.25) is 0 Å². The Bertz CT molecular complexity index is 479. The van der Waals surface area contributed by atoms with Gasteiger partial charge in [0, 0.05) is 26.1 Å². The SMILES string of the molecule is CNC(=O)CCCn1c(C(=O)O)cccc1=O. The van der Waals surface area contributed by atoms with E-state index in [1.54, 1.807) is 0 Å². The molecule has 0 aromatic carbocycles. The van der Waals surface area contributed by atoms with Crippen LogP contribution in [0.15, 0.2) is 23.0 Å². The molecule has 1 rings (SSSR count). The van der Waals surface area contributed by atoms with E-state index in [2.05, 4.69) is 5.32 Å². The van der Waals surface area contributed by atoms with Gasteiger partial charge in [-0.25, -0.2) is 4.79 Å². The molecule has 1 amide bonds. The summed E-state index contributed by atoms with van der Waals surface area (Å²) in [5.74, 6) is -1.28. The van der Waals surface area contributed by atoms with Crippen LogP contribution >= 0.6 is 0 Å². The van der Waals surface area contributed by atoms with E-state index in [1.165, 1.54) is 25.2 Å². The Hall–Kier alpha value is -2.11. The molecule has 0 aliphatic heterocycles. The number of carboxylic acids is 1. The molecular weight excluding hydrogens is 224 g/mol. The van der Waals surface area contributed by atoms with Crippen molar-refractivity contribution in [2.45, 2.75) is 19.4 Å². The molecule has 0 aliphatic rings. The molecule has 0 unspecified atom stereocenters. The number of aromatic nitrogens is 1. The minimum absolute atomic E-state index is 0.0607. The molecule has 6 nitrogen and oxygen atoms in total. The Kier molecular flexibility index (Phi) is 4.45. The summed E-state index contributed by atoms with van der Waals surface area (Å²) in [5, 5.41) is 11.4. The Labute approximate surface area is 97.9 Å². The number of hydrogen-bond donors (Lipinski definition) is 2. The van der Waals surface area contributed by atoms with Crippen LogP contribution in [0.4, 0.5) is 0 Å². The molecule has 6 heteroatoms. The lowest BCUT2D eigenvalue weighted by Crippen LogP contribution is -2.26. The number of nitrogens with zero attached hydrogens (tertiary/aromatic N) is 1. The van der Waals surface area contributed by atoms with Crippen LogP contribution in [-0.2, 0) is 11.3 Å². The van der Waals surface area contributed by atoms with Crippen molar-refractivity contribution in [3.05, 3.63) is 34.2 Å². The van der Waals surface area contributed by atoms with E-state index in [-0.39, 0.29) is 30.1 Å². The third kappa shape index (κ3) is 3.44. The highest BCUT2D eigenvalue weighted by atomic mass is 16.4. The molecule has 17 heavy (non-hydrogen) atoms. The van der Waals surface area contributed by atoms with Gasteiger partial charge in [-0.05, 0) is 12.5 Å². The van der Waals surface area contributed by atoms with Gasteiger partial charge in [-0.1, -0.05) is 6.07 Å². The standard InChI is InChI=1S/C11H14N2O4/c1-12-9(14)5-3-7-13-8(11(16)17)4-2-6-10(13)15/h2,4,6H,3,5,7H2,1H3,(H,12,14)(H,16,17). The van der Waals surface area contributed by atoms with Crippen LogP contribution in [0, 0.1) is 0 Å². The van der Waals surface area contributed by atoms with Crippen molar-refractivity contribution < 1.29 is 14.7 Å². The third-order valence-corrected chi connectivity index (χ3v) is 2.33. The summed E-state index contributed by atoms with van der Waals surface area (Å²) in [6.07, 6.45) is 0.681. The number of carbonyl (C=O) groups excluding carboxylic acids is 1. The maximum absolute atomic E-state index is 11.5. The highest BCUT2D eigenvalue weighted by Gasteiger charge is 2.10. The highest BCUT2D eigenvalue weighted by Crippen LogP contribution is 2.00. The van der Waals surface area contributed by atoms with E-state index in [0.717, 1.165) is 4.57 Å². The van der Waals surface area contributed by atoms with Crippen molar-refractivity contribution >= 4 is 11.9 Å². The Balaban J connectivity index is 2.79. The molecule has 2 N–H and O–H groups in total. The predicted molar refractivity (Wildman–Crippen MR) is 61.0 cm³/mol. The number of hydrogen-bond acceptors (Lipinski definition) is 3. The summed E-state index contributed by atoms with van der Waals surface area (Å²) in [5.41, 5.74) is -0.434. The molecule has 1 aromatic heterocycles. The van der Waals surface area contributed by atoms with Gasteiger partial charge in [0.2, 0.25) is 5.91 Å². The van der Waals surface area contributed by atoms with Crippen LogP contribution in [-0.4, -0.2) is 28.6 Å². The fourth-order valence-corrected chi connectivity index (χ4v) is 1.46. The van der Waals surface area contributed by atoms with E-state index in [0.29, 0.717) is 6.42 Å². The molecule has 0 fully saturated rings. The minimum Gasteiger partial charge on any atom is -0.477 e. The average Bonchev–Trinajstić information content (AvgIpc) is 2.30. The molecule has 0 bridgehead atoms. The largest absolute Gasteiger partial charge is 0.477 e. The number of pyridine rings is 1. The van der Waals surface area contributed by atoms with Gasteiger partial charge in [-0.15, -0.1) is 0 Å². The molecule has 0 spiro atoms. The number of carbonyl (C=O) groups is 2. The summed E-state index contributed by atoms with van der Waals surface area (Å²) in [7, 11) is 1.53. The van der Waals surface area contributed by atoms with Gasteiger partial charge in [0.15, 0.2) is 0 Å². The van der Waals surface area contributed by atoms with Crippen LogP contribution in [0.1, 0.15) is 23.3 Å². The number of aromatic carboxylic acids is 1. The van der Waals surface area contributed by atoms with Gasteiger partial charge in [0.25, 0.3) is 5.56 Å². The molecule has 0 saturated carbocycles. The average molecular weight is 238 g/mol. The van der Waals surface area contributed by atoms with E-state index in [1.807, 2.05) is 0 Å². The van der Waals surface area contributed by atoms with Crippen molar-refractivity contribution in [1.82, 2.24) is 9.88 Å². The predicted octanol–water partition coefficient (Wildman–Crippen LogP) is 0.0727. The Morgan fingerprint density at radius 1 is 1.41 bits per heavy atom. The van der Waals surface area contributed by atoms with Crippen molar-refractivity contribution in [2.75, 3.05) is 7.05 Å². The fraction of sp³-hybridized carbons (Fsp3) is 0.364. The van der Waals surface area contributed by atoms with Gasteiger partial charge >= 0.3 is 5.97 Å². The van der Waals surface area contributed by atoms with Gasteiger partial charge in [0.05, 0.1) is 0 Å². The van der Waals surface area contributed by atoms with Crippen molar-refractivity contribution in [1.29, 1.82) is 0 Å². The number of amides is 1. The first-order valence-electron chi connectivity index (χ1n) is 5.20. The molecule has 1 aromatic rings. The zero-order valence-corrected chi connectivity index (χ0v) is 9.47. The van der Waals surface area contributed by atoms with Gasteiger partial charge in [-0.3, -0.25) is 9.59 Å². The summed E-state index contributed by atoms with van der Waals surface area (Å²) < 4.78 is 1.16. The molecule has 0 saturated heterocycles. The van der Waals surface area contributed by atoms with Crippen molar-refractivity contribution in [2.24, 2.45) is 0 Å². The minimum atomic E-state index is -1.15. The first-order valence-corrected chi connectivity index (χ1v) is 5.20. The van der Waals surface area contributed by atoms with Gasteiger partial charge in [-0.2, -0.15) is 0 Å². The lowest BCUT2D eigenvalue weighted by molar-refractivity contribution is -0.120. The summed E-state index contributed by atoms with van der Waals surface area (Å²) in [6.45, 7) is 0.217. The highest BCUT2D eigenvalue weighted by molar-refractivity contribution is 5.85. The Morgan fingerprint density at radius 2 is 2.12 bits per heavy atom. The van der Waals surface area contributed by atoms with E-state index >= 15 is 0 Å². The second kappa shape index (κ2) is 5.83. The smallest absolute Gasteiger partial charge is 0.352 e. The normalized spacial score (nSPS) is 9.94. The second-order valence-corrected chi connectivity index (χ2v) is 3.48. The van der Waals surface area contributed by atoms with E-state index in [9.17, 15) is 14.4 Å². The first kappa shape index (κ1) is 13.0. The molecule has 0 aliphatic carbocycles. The maximum atomic E-state index is 11.5. The summed E-state index contributed by atoms with van der Waals surface area (Å²) in [6, 6.07) is 4.07. The molecular formula is C11H14N2O4. The zero-order chi connectivity index (χ0) is 12.8. The monoisotopic (exact) mass is 238 g/mol. The van der Waals surface area contributed by atoms with Crippen LogP contribution < -0.4 is 10.9 Å². The first-order chi connectivity index (χ1) is 8.06. The second-order valence-electron chi connectivity index (χ2n) is 3.48. The fourth-order valence-electron chi connectivity index (χ4n) is 1.46. The van der Waals surface area contributed by atoms with E-state index < -0.39 is 5.97 Å². The number of rotatable bonds is 5. The summed E-state index contributed by atoms with van der Waals surface area (Å²) in [4.78, 5) is 33.4. The van der Waals surface area contributed by atoms with Crippen molar-refractivity contribution in [3.8, 4) is 0 Å². The summed E-state index contributed by atoms with van der Waals surface area (Å²) >= 11 is 0. The molecule has 0 radical (unpaired) electrons. The quantitative estimate of drug-likeness (QED) is 0.760. The molecule has 92 valence electrons. The Morgan fingerprint density at radius 3 is 2.71 bits per heavy atom.